The van der Waals surface area contributed by atoms with Gasteiger partial charge in [0.25, 0.3) is 5.91 Å². The van der Waals surface area contributed by atoms with Crippen LogP contribution in [0.3, 0.4) is 0 Å². The summed E-state index contributed by atoms with van der Waals surface area (Å²) in [7, 11) is 0. The standard InChI is InChI=1S/C24H26Br2N2O3/c1-3-5-6-7-12-31-23-21(25)14-17(15-22(23)26)13-18(16-27)24(29)28-19-8-10-20(11-9-19)30-4-2/h8-11,13-15H,3-7,12H2,1-2H3,(H,28,29)/b18-13+. The van der Waals surface area contributed by atoms with Crippen molar-refractivity contribution in [2.75, 3.05) is 18.5 Å². The van der Waals surface area contributed by atoms with E-state index in [-0.39, 0.29) is 5.57 Å². The van der Waals surface area contributed by atoms with E-state index in [1.165, 1.54) is 12.8 Å². The maximum atomic E-state index is 12.5. The second-order valence-electron chi connectivity index (χ2n) is 6.80. The van der Waals surface area contributed by atoms with Gasteiger partial charge in [-0.05, 0) is 93.2 Å². The Morgan fingerprint density at radius 2 is 1.74 bits per heavy atom. The van der Waals surface area contributed by atoms with Crippen molar-refractivity contribution in [3.05, 3.63) is 56.5 Å². The highest BCUT2D eigenvalue weighted by atomic mass is 79.9. The lowest BCUT2D eigenvalue weighted by Crippen LogP contribution is -2.13. The van der Waals surface area contributed by atoms with E-state index in [0.717, 1.165) is 27.5 Å². The molecule has 7 heteroatoms. The molecule has 0 saturated carbocycles. The average molecular weight is 550 g/mol. The van der Waals surface area contributed by atoms with Crippen LogP contribution in [-0.4, -0.2) is 19.1 Å². The summed E-state index contributed by atoms with van der Waals surface area (Å²) in [4.78, 5) is 12.5. The molecule has 0 atom stereocenters. The molecule has 0 bridgehead atoms. The van der Waals surface area contributed by atoms with Gasteiger partial charge in [0.2, 0.25) is 0 Å². The number of ether oxygens (including phenoxy) is 2. The van der Waals surface area contributed by atoms with Gasteiger partial charge in [-0.15, -0.1) is 0 Å². The molecule has 1 amide bonds. The molecule has 2 aromatic rings. The largest absolute Gasteiger partial charge is 0.494 e. The normalized spacial score (nSPS) is 11.0. The van der Waals surface area contributed by atoms with Crippen molar-refractivity contribution in [3.8, 4) is 17.6 Å². The number of nitrogens with one attached hydrogen (secondary N) is 1. The molecule has 0 aliphatic rings. The summed E-state index contributed by atoms with van der Waals surface area (Å²) >= 11 is 7.05. The Bertz CT molecular complexity index is 927. The van der Waals surface area contributed by atoms with Crippen molar-refractivity contribution < 1.29 is 14.3 Å². The first-order valence-corrected chi connectivity index (χ1v) is 11.8. The SMILES string of the molecule is CCCCCCOc1c(Br)cc(/C=C(\C#N)C(=O)Nc2ccc(OCC)cc2)cc1Br. The van der Waals surface area contributed by atoms with Gasteiger partial charge in [-0.1, -0.05) is 26.2 Å². The van der Waals surface area contributed by atoms with Gasteiger partial charge in [-0.3, -0.25) is 4.79 Å². The first kappa shape index (κ1) is 25.0. The molecule has 0 aromatic heterocycles. The molecule has 5 nitrogen and oxygen atoms in total. The van der Waals surface area contributed by atoms with Crippen LogP contribution < -0.4 is 14.8 Å². The fraction of sp³-hybridized carbons (Fsp3) is 0.333. The van der Waals surface area contributed by atoms with E-state index >= 15 is 0 Å². The van der Waals surface area contributed by atoms with E-state index in [2.05, 4.69) is 44.1 Å². The molecule has 0 radical (unpaired) electrons. The van der Waals surface area contributed by atoms with Crippen LogP contribution in [0, 0.1) is 11.3 Å². The van der Waals surface area contributed by atoms with Crippen molar-refractivity contribution >= 4 is 49.5 Å². The van der Waals surface area contributed by atoms with Crippen molar-refractivity contribution in [2.45, 2.75) is 39.5 Å². The first-order chi connectivity index (χ1) is 15.0. The lowest BCUT2D eigenvalue weighted by Gasteiger charge is -2.11. The van der Waals surface area contributed by atoms with Gasteiger partial charge in [0.15, 0.2) is 0 Å². The van der Waals surface area contributed by atoms with Gasteiger partial charge < -0.3 is 14.8 Å². The van der Waals surface area contributed by atoms with Crippen LogP contribution in [0.4, 0.5) is 5.69 Å². The lowest BCUT2D eigenvalue weighted by atomic mass is 10.1. The first-order valence-electron chi connectivity index (χ1n) is 10.3. The van der Waals surface area contributed by atoms with Gasteiger partial charge in [-0.2, -0.15) is 5.26 Å². The fourth-order valence-electron chi connectivity index (χ4n) is 2.82. The summed E-state index contributed by atoms with van der Waals surface area (Å²) in [6.45, 7) is 5.29. The molecule has 1 N–H and O–H groups in total. The molecular weight excluding hydrogens is 524 g/mol. The predicted molar refractivity (Wildman–Crippen MR) is 131 cm³/mol. The molecule has 0 saturated heterocycles. The summed E-state index contributed by atoms with van der Waals surface area (Å²) in [6, 6.07) is 12.6. The third kappa shape index (κ3) is 8.04. The maximum absolute atomic E-state index is 12.5. The summed E-state index contributed by atoms with van der Waals surface area (Å²) < 4.78 is 12.8. The van der Waals surface area contributed by atoms with Crippen LogP contribution in [0.1, 0.15) is 45.1 Å². The molecule has 0 aliphatic heterocycles. The molecule has 0 unspecified atom stereocenters. The second kappa shape index (κ2) is 13.2. The molecular formula is C24H26Br2N2O3. The summed E-state index contributed by atoms with van der Waals surface area (Å²) in [5.41, 5.74) is 1.29. The third-order valence-electron chi connectivity index (χ3n) is 4.36. The third-order valence-corrected chi connectivity index (χ3v) is 5.54. The smallest absolute Gasteiger partial charge is 0.266 e. The van der Waals surface area contributed by atoms with Gasteiger partial charge >= 0.3 is 0 Å². The number of benzene rings is 2. The minimum atomic E-state index is -0.477. The maximum Gasteiger partial charge on any atom is 0.266 e. The van der Waals surface area contributed by atoms with E-state index in [9.17, 15) is 10.1 Å². The Morgan fingerprint density at radius 3 is 2.32 bits per heavy atom. The highest BCUT2D eigenvalue weighted by molar-refractivity contribution is 9.11. The Balaban J connectivity index is 2.08. The average Bonchev–Trinajstić information content (AvgIpc) is 2.75. The predicted octanol–water partition coefficient (Wildman–Crippen LogP) is 7.12. The number of halogens is 2. The molecule has 0 fully saturated rings. The lowest BCUT2D eigenvalue weighted by molar-refractivity contribution is -0.112. The van der Waals surface area contributed by atoms with E-state index in [0.29, 0.717) is 30.2 Å². The Morgan fingerprint density at radius 1 is 1.06 bits per heavy atom. The van der Waals surface area contributed by atoms with Gasteiger partial charge in [-0.25, -0.2) is 0 Å². The Kier molecular flexibility index (Phi) is 10.6. The highest BCUT2D eigenvalue weighted by Gasteiger charge is 2.13. The number of carbonyl (C=O) groups excluding carboxylic acids is 1. The molecule has 164 valence electrons. The van der Waals surface area contributed by atoms with Crippen LogP contribution in [0.25, 0.3) is 6.08 Å². The van der Waals surface area contributed by atoms with E-state index in [1.54, 1.807) is 30.3 Å². The highest BCUT2D eigenvalue weighted by Crippen LogP contribution is 2.35. The summed E-state index contributed by atoms with van der Waals surface area (Å²) in [5.74, 6) is 0.958. The number of rotatable bonds is 11. The number of carbonyl (C=O) groups is 1. The van der Waals surface area contributed by atoms with Crippen molar-refractivity contribution in [1.29, 1.82) is 5.26 Å². The number of hydrogen-bond donors (Lipinski definition) is 1. The van der Waals surface area contributed by atoms with Crippen molar-refractivity contribution in [3.63, 3.8) is 0 Å². The number of anilines is 1. The van der Waals surface area contributed by atoms with Crippen LogP contribution >= 0.6 is 31.9 Å². The van der Waals surface area contributed by atoms with Gasteiger partial charge in [0.1, 0.15) is 23.1 Å². The quantitative estimate of drug-likeness (QED) is 0.184. The Labute approximate surface area is 200 Å². The zero-order valence-electron chi connectivity index (χ0n) is 17.7. The number of nitriles is 1. The molecule has 2 aromatic carbocycles. The number of nitrogens with zero attached hydrogens (tertiary/aromatic N) is 1. The van der Waals surface area contributed by atoms with Crippen LogP contribution in [0.15, 0.2) is 50.9 Å². The van der Waals surface area contributed by atoms with Crippen LogP contribution in [-0.2, 0) is 4.79 Å². The summed E-state index contributed by atoms with van der Waals surface area (Å²) in [6.07, 6.45) is 6.07. The van der Waals surface area contributed by atoms with E-state index < -0.39 is 5.91 Å². The minimum absolute atomic E-state index is 0.000851. The fourth-order valence-corrected chi connectivity index (χ4v) is 4.27. The summed E-state index contributed by atoms with van der Waals surface area (Å²) in [5, 5.41) is 12.2. The Hall–Kier alpha value is -2.30. The number of amides is 1. The van der Waals surface area contributed by atoms with Gasteiger partial charge in [0, 0.05) is 5.69 Å². The zero-order valence-corrected chi connectivity index (χ0v) is 20.9. The molecule has 2 rings (SSSR count). The number of unbranched alkanes of at least 4 members (excludes halogenated alkanes) is 3. The molecule has 0 aliphatic carbocycles. The van der Waals surface area contributed by atoms with E-state index in [1.807, 2.05) is 25.1 Å². The van der Waals surface area contributed by atoms with Gasteiger partial charge in [0.05, 0.1) is 22.2 Å². The van der Waals surface area contributed by atoms with Crippen LogP contribution in [0.5, 0.6) is 11.5 Å². The monoisotopic (exact) mass is 548 g/mol. The topological polar surface area (TPSA) is 71.3 Å². The van der Waals surface area contributed by atoms with Crippen molar-refractivity contribution in [1.82, 2.24) is 0 Å². The molecule has 0 heterocycles. The zero-order chi connectivity index (χ0) is 22.6. The molecule has 0 spiro atoms. The second-order valence-corrected chi connectivity index (χ2v) is 8.51. The molecule has 31 heavy (non-hydrogen) atoms. The van der Waals surface area contributed by atoms with E-state index in [4.69, 9.17) is 9.47 Å². The number of hydrogen-bond acceptors (Lipinski definition) is 4. The minimum Gasteiger partial charge on any atom is -0.494 e. The van der Waals surface area contributed by atoms with Crippen molar-refractivity contribution in [2.24, 2.45) is 0 Å². The van der Waals surface area contributed by atoms with Crippen LogP contribution in [0.2, 0.25) is 0 Å².